The lowest BCUT2D eigenvalue weighted by molar-refractivity contribution is -0.119. The van der Waals surface area contributed by atoms with E-state index in [-0.39, 0.29) is 39.9 Å². The molecule has 0 fully saturated rings. The number of carbonyl (C=O) groups excluding carboxylic acids is 1. The summed E-state index contributed by atoms with van der Waals surface area (Å²) in [6, 6.07) is -0.598. The number of hydrogen-bond acceptors (Lipinski definition) is 3. The van der Waals surface area contributed by atoms with Crippen molar-refractivity contribution in [3.05, 3.63) is 0 Å². The molecular weight excluding hydrogens is 318 g/mol. The van der Waals surface area contributed by atoms with Crippen LogP contribution in [0.25, 0.3) is 0 Å². The van der Waals surface area contributed by atoms with Crippen molar-refractivity contribution >= 4 is 45.8 Å². The summed E-state index contributed by atoms with van der Waals surface area (Å²) < 4.78 is 0. The summed E-state index contributed by atoms with van der Waals surface area (Å²) in [5.41, 5.74) is 15.3. The molecule has 0 saturated heterocycles. The van der Waals surface area contributed by atoms with E-state index in [0.29, 0.717) is 19.4 Å². The van der Waals surface area contributed by atoms with E-state index in [0.717, 1.165) is 0 Å². The zero-order valence-corrected chi connectivity index (χ0v) is 11.1. The molecule has 1 amide bonds. The van der Waals surface area contributed by atoms with Crippen LogP contribution in [0.4, 0.5) is 0 Å². The van der Waals surface area contributed by atoms with Gasteiger partial charge in [0.15, 0.2) is 5.96 Å². The zero-order valence-electron chi connectivity index (χ0n) is 7.66. The Bertz CT molecular complexity index is 178. The second-order valence-corrected chi connectivity index (χ2v) is 2.49. The van der Waals surface area contributed by atoms with Gasteiger partial charge in [0.2, 0.25) is 5.91 Å². The van der Waals surface area contributed by atoms with E-state index in [1.165, 1.54) is 0 Å². The van der Waals surface area contributed by atoms with Crippen LogP contribution in [0.2, 0.25) is 0 Å². The van der Waals surface area contributed by atoms with Crippen LogP contribution in [0.15, 0.2) is 0 Å². The zero-order chi connectivity index (χ0) is 9.56. The second kappa shape index (κ2) is 10.7. The van der Waals surface area contributed by atoms with Crippen molar-refractivity contribution in [3.63, 3.8) is 0 Å². The fourth-order valence-corrected chi connectivity index (χ4v) is 0.687. The van der Waals surface area contributed by atoms with E-state index in [9.17, 15) is 4.79 Å². The summed E-state index contributed by atoms with van der Waals surface area (Å²) in [5, 5.41) is 9.40. The smallest absolute Gasteiger partial charge is 0.234 e. The molecule has 0 spiro atoms. The minimum Gasteiger partial charge on any atom is -0.370 e. The van der Waals surface area contributed by atoms with Crippen molar-refractivity contribution in [2.24, 2.45) is 17.2 Å². The molecule has 0 aromatic heterocycles. The number of halogens is 2. The Labute approximate surface area is 104 Å². The Morgan fingerprint density at radius 3 is 2.21 bits per heavy atom. The van der Waals surface area contributed by atoms with Gasteiger partial charge < -0.3 is 22.5 Å². The van der Waals surface area contributed by atoms with Crippen LogP contribution < -0.4 is 22.5 Å². The van der Waals surface area contributed by atoms with Gasteiger partial charge in [-0.2, -0.15) is 0 Å². The fraction of sp³-hybridized carbons (Fsp3) is 0.667. The van der Waals surface area contributed by atoms with E-state index in [4.69, 9.17) is 22.6 Å². The average molecular weight is 335 g/mol. The third kappa shape index (κ3) is 11.7. The Morgan fingerprint density at radius 1 is 1.36 bits per heavy atom. The number of primary amides is 1. The molecule has 14 heavy (non-hydrogen) atoms. The van der Waals surface area contributed by atoms with Crippen molar-refractivity contribution in [1.29, 1.82) is 5.41 Å². The van der Waals surface area contributed by atoms with Crippen molar-refractivity contribution in [3.8, 4) is 0 Å². The molecule has 0 radical (unpaired) electrons. The number of guanidine groups is 1. The van der Waals surface area contributed by atoms with Gasteiger partial charge in [-0.3, -0.25) is 10.2 Å². The summed E-state index contributed by atoms with van der Waals surface area (Å²) in [5.74, 6) is -0.583. The van der Waals surface area contributed by atoms with Crippen LogP contribution in [-0.2, 0) is 4.79 Å². The van der Waals surface area contributed by atoms with Gasteiger partial charge in [0, 0.05) is 6.54 Å². The van der Waals surface area contributed by atoms with Crippen LogP contribution in [0.5, 0.6) is 0 Å². The molecule has 0 aromatic rings. The first-order chi connectivity index (χ1) is 5.54. The lowest BCUT2D eigenvalue weighted by Gasteiger charge is -2.07. The number of nitrogens with two attached hydrogens (primary N) is 3. The summed E-state index contributed by atoms with van der Waals surface area (Å²) in [6.45, 7) is 0.538. The predicted octanol–water partition coefficient (Wildman–Crippen LogP) is -0.782. The van der Waals surface area contributed by atoms with Crippen molar-refractivity contribution in [2.45, 2.75) is 18.9 Å². The van der Waals surface area contributed by atoms with E-state index in [1.54, 1.807) is 0 Å². The molecular formula is C6H17Br2N5O. The van der Waals surface area contributed by atoms with Gasteiger partial charge in [-0.1, -0.05) is 0 Å². The Kier molecular flexibility index (Phi) is 14.8. The Balaban J connectivity index is -0.000000605. The molecule has 1 atom stereocenters. The molecule has 86 valence electrons. The number of hydrogen-bond donors (Lipinski definition) is 5. The highest BCUT2D eigenvalue weighted by atomic mass is 79.9. The lowest BCUT2D eigenvalue weighted by Crippen LogP contribution is -2.37. The highest BCUT2D eigenvalue weighted by Gasteiger charge is 2.07. The topological polar surface area (TPSA) is 131 Å². The SMILES string of the molecule is Br.Br.N=C(N)NCCC[C@H](N)C(N)=O. The summed E-state index contributed by atoms with van der Waals surface area (Å²) in [4.78, 5) is 10.4. The first kappa shape index (κ1) is 19.3. The molecule has 0 rings (SSSR count). The molecule has 0 aliphatic rings. The van der Waals surface area contributed by atoms with Crippen molar-refractivity contribution in [2.75, 3.05) is 6.54 Å². The summed E-state index contributed by atoms with van der Waals surface area (Å²) in [7, 11) is 0. The first-order valence-corrected chi connectivity index (χ1v) is 3.67. The highest BCUT2D eigenvalue weighted by molar-refractivity contribution is 8.93. The van der Waals surface area contributed by atoms with Gasteiger partial charge in [-0.25, -0.2) is 0 Å². The minimum atomic E-state index is -0.598. The number of nitrogens with one attached hydrogen (secondary N) is 2. The third-order valence-corrected chi connectivity index (χ3v) is 1.37. The molecule has 0 aromatic carbocycles. The van der Waals surface area contributed by atoms with Gasteiger partial charge in [-0.05, 0) is 12.8 Å². The van der Waals surface area contributed by atoms with E-state index < -0.39 is 11.9 Å². The highest BCUT2D eigenvalue weighted by Crippen LogP contribution is 1.91. The lowest BCUT2D eigenvalue weighted by atomic mass is 10.1. The quantitative estimate of drug-likeness (QED) is 0.256. The monoisotopic (exact) mass is 333 g/mol. The molecule has 8 heteroatoms. The maximum atomic E-state index is 10.4. The summed E-state index contributed by atoms with van der Waals surface area (Å²) in [6.07, 6.45) is 1.18. The maximum absolute atomic E-state index is 10.4. The predicted molar refractivity (Wildman–Crippen MR) is 67.0 cm³/mol. The number of rotatable bonds is 5. The Hall–Kier alpha value is -0.340. The van der Waals surface area contributed by atoms with Gasteiger partial charge in [-0.15, -0.1) is 34.0 Å². The Morgan fingerprint density at radius 2 is 1.86 bits per heavy atom. The molecule has 0 saturated carbocycles. The van der Waals surface area contributed by atoms with Crippen molar-refractivity contribution < 1.29 is 4.79 Å². The van der Waals surface area contributed by atoms with Crippen LogP contribution in [0.3, 0.4) is 0 Å². The van der Waals surface area contributed by atoms with Gasteiger partial charge in [0.1, 0.15) is 0 Å². The van der Waals surface area contributed by atoms with Crippen molar-refractivity contribution in [1.82, 2.24) is 5.32 Å². The van der Waals surface area contributed by atoms with Crippen LogP contribution in [-0.4, -0.2) is 24.5 Å². The van der Waals surface area contributed by atoms with Crippen LogP contribution in [0, 0.1) is 5.41 Å². The molecule has 0 aliphatic carbocycles. The standard InChI is InChI=1S/C6H15N5O.2BrH/c7-4(5(8)12)2-1-3-11-6(9)10;;/h4H,1-3,7H2,(H2,8,12)(H4,9,10,11);2*1H/t4-;;/m0../s1. The molecule has 0 aliphatic heterocycles. The first-order valence-electron chi connectivity index (χ1n) is 3.67. The number of carbonyl (C=O) groups is 1. The normalized spacial score (nSPS) is 10.4. The molecule has 0 heterocycles. The van der Waals surface area contributed by atoms with Crippen LogP contribution >= 0.6 is 34.0 Å². The largest absolute Gasteiger partial charge is 0.370 e. The molecule has 0 bridgehead atoms. The minimum absolute atomic E-state index is 0. The van der Waals surface area contributed by atoms with Gasteiger partial charge in [0.25, 0.3) is 0 Å². The molecule has 8 N–H and O–H groups in total. The van der Waals surface area contributed by atoms with E-state index in [2.05, 4.69) is 5.32 Å². The second-order valence-electron chi connectivity index (χ2n) is 2.49. The summed E-state index contributed by atoms with van der Waals surface area (Å²) >= 11 is 0. The van der Waals surface area contributed by atoms with E-state index >= 15 is 0 Å². The molecule has 6 nitrogen and oxygen atoms in total. The van der Waals surface area contributed by atoms with Gasteiger partial charge >= 0.3 is 0 Å². The third-order valence-electron chi connectivity index (χ3n) is 1.37. The molecule has 0 unspecified atom stereocenters. The van der Waals surface area contributed by atoms with E-state index in [1.807, 2.05) is 0 Å². The maximum Gasteiger partial charge on any atom is 0.234 e. The fourth-order valence-electron chi connectivity index (χ4n) is 0.687. The number of amides is 1. The average Bonchev–Trinajstić information content (AvgIpc) is 1.97. The van der Waals surface area contributed by atoms with Crippen LogP contribution in [0.1, 0.15) is 12.8 Å². The van der Waals surface area contributed by atoms with Gasteiger partial charge in [0.05, 0.1) is 6.04 Å².